The Hall–Kier alpha value is -2.87. The number of rotatable bonds is 3. The maximum Gasteiger partial charge on any atom is 0.330 e. The maximum atomic E-state index is 12.7. The Morgan fingerprint density at radius 3 is 2.85 bits per heavy atom. The molecule has 2 aliphatic rings. The van der Waals surface area contributed by atoms with E-state index in [0.717, 1.165) is 30.0 Å². The molecule has 2 aliphatic heterocycles. The van der Waals surface area contributed by atoms with Crippen LogP contribution >= 0.6 is 0 Å². The monoisotopic (exact) mass is 367 g/mol. The molecule has 27 heavy (non-hydrogen) atoms. The summed E-state index contributed by atoms with van der Waals surface area (Å²) in [6.45, 7) is 5.76. The summed E-state index contributed by atoms with van der Waals surface area (Å²) in [4.78, 5) is 21.8. The van der Waals surface area contributed by atoms with Gasteiger partial charge >= 0.3 is 5.69 Å². The highest BCUT2D eigenvalue weighted by Gasteiger charge is 2.39. The van der Waals surface area contributed by atoms with Crippen LogP contribution in [0.2, 0.25) is 0 Å². The summed E-state index contributed by atoms with van der Waals surface area (Å²) in [5, 5.41) is 3.30. The lowest BCUT2D eigenvalue weighted by atomic mass is 10.0. The number of anilines is 2. The molecule has 0 aliphatic carbocycles. The minimum Gasteiger partial charge on any atom is -0.493 e. The molecule has 0 radical (unpaired) electrons. The van der Waals surface area contributed by atoms with Crippen LogP contribution in [0.3, 0.4) is 0 Å². The number of nitrogens with zero attached hydrogens (tertiary/aromatic N) is 4. The van der Waals surface area contributed by atoms with Crippen molar-refractivity contribution in [2.24, 2.45) is 7.05 Å². The van der Waals surface area contributed by atoms with E-state index < -0.39 is 0 Å². The number of fused-ring (bicyclic) bond motifs is 2. The SMILES string of the molecule is Cc1cc2c(cc1Nc1ncc3c(n1)n(C1(C)COC1)c(=O)n3C)CCO2. The van der Waals surface area contributed by atoms with Crippen molar-refractivity contribution in [1.82, 2.24) is 19.1 Å². The Morgan fingerprint density at radius 2 is 2.11 bits per heavy atom. The summed E-state index contributed by atoms with van der Waals surface area (Å²) < 4.78 is 14.3. The largest absolute Gasteiger partial charge is 0.493 e. The van der Waals surface area contributed by atoms with E-state index in [-0.39, 0.29) is 11.2 Å². The number of hydrogen-bond donors (Lipinski definition) is 1. The molecule has 0 amide bonds. The lowest BCUT2D eigenvalue weighted by Gasteiger charge is -2.38. The molecule has 5 rings (SSSR count). The van der Waals surface area contributed by atoms with Crippen LogP contribution in [0.4, 0.5) is 11.6 Å². The van der Waals surface area contributed by atoms with E-state index in [9.17, 15) is 4.79 Å². The van der Waals surface area contributed by atoms with Crippen molar-refractivity contribution in [2.75, 3.05) is 25.1 Å². The van der Waals surface area contributed by atoms with Gasteiger partial charge in [-0.1, -0.05) is 0 Å². The van der Waals surface area contributed by atoms with Crippen molar-refractivity contribution in [3.8, 4) is 5.75 Å². The zero-order chi connectivity index (χ0) is 18.8. The standard InChI is InChI=1S/C19H21N5O3/c1-11-6-15-12(4-5-27-15)7-13(11)21-17-20-8-14-16(22-17)24(18(25)23(14)3)19(2)9-26-10-19/h6-8H,4-5,9-10H2,1-3H3,(H,20,21,22). The van der Waals surface area contributed by atoms with E-state index >= 15 is 0 Å². The normalized spacial score (nSPS) is 17.4. The minimum absolute atomic E-state index is 0.104. The first-order chi connectivity index (χ1) is 13.0. The third kappa shape index (κ3) is 2.36. The summed E-state index contributed by atoms with van der Waals surface area (Å²) in [5.74, 6) is 1.41. The van der Waals surface area contributed by atoms with Crippen molar-refractivity contribution in [1.29, 1.82) is 0 Å². The molecule has 0 unspecified atom stereocenters. The third-order valence-corrected chi connectivity index (χ3v) is 5.45. The zero-order valence-electron chi connectivity index (χ0n) is 15.6. The van der Waals surface area contributed by atoms with Gasteiger partial charge in [0.15, 0.2) is 5.65 Å². The molecular formula is C19H21N5O3. The second kappa shape index (κ2) is 5.56. The fourth-order valence-electron chi connectivity index (χ4n) is 3.77. The second-order valence-corrected chi connectivity index (χ2v) is 7.57. The summed E-state index contributed by atoms with van der Waals surface area (Å²) in [7, 11) is 1.74. The first-order valence-corrected chi connectivity index (χ1v) is 9.02. The highest BCUT2D eigenvalue weighted by atomic mass is 16.5. The van der Waals surface area contributed by atoms with Gasteiger partial charge in [0, 0.05) is 19.2 Å². The second-order valence-electron chi connectivity index (χ2n) is 7.57. The smallest absolute Gasteiger partial charge is 0.330 e. The zero-order valence-corrected chi connectivity index (χ0v) is 15.6. The molecule has 8 heteroatoms. The van der Waals surface area contributed by atoms with E-state index in [2.05, 4.69) is 21.4 Å². The van der Waals surface area contributed by atoms with Crippen LogP contribution in [0.15, 0.2) is 23.1 Å². The van der Waals surface area contributed by atoms with Crippen LogP contribution in [0, 0.1) is 6.92 Å². The van der Waals surface area contributed by atoms with Gasteiger partial charge in [-0.3, -0.25) is 9.13 Å². The fourth-order valence-corrected chi connectivity index (χ4v) is 3.77. The average molecular weight is 367 g/mol. The van der Waals surface area contributed by atoms with Crippen molar-refractivity contribution in [2.45, 2.75) is 25.8 Å². The quantitative estimate of drug-likeness (QED) is 0.761. The van der Waals surface area contributed by atoms with Crippen LogP contribution < -0.4 is 15.7 Å². The number of hydrogen-bond acceptors (Lipinski definition) is 6. The van der Waals surface area contributed by atoms with Gasteiger partial charge in [0.1, 0.15) is 11.3 Å². The molecule has 8 nitrogen and oxygen atoms in total. The third-order valence-electron chi connectivity index (χ3n) is 5.45. The number of aryl methyl sites for hydroxylation is 2. The molecule has 0 saturated carbocycles. The van der Waals surface area contributed by atoms with Gasteiger partial charge in [0.25, 0.3) is 0 Å². The topological polar surface area (TPSA) is 83.2 Å². The first kappa shape index (κ1) is 16.3. The van der Waals surface area contributed by atoms with Crippen LogP contribution in [-0.4, -0.2) is 38.9 Å². The molecule has 3 aromatic rings. The lowest BCUT2D eigenvalue weighted by molar-refractivity contribution is -0.0896. The van der Waals surface area contributed by atoms with E-state index in [1.165, 1.54) is 5.56 Å². The molecule has 140 valence electrons. The molecule has 2 aromatic heterocycles. The lowest BCUT2D eigenvalue weighted by Crippen LogP contribution is -2.53. The highest BCUT2D eigenvalue weighted by molar-refractivity contribution is 5.74. The van der Waals surface area contributed by atoms with E-state index in [0.29, 0.717) is 30.3 Å². The molecule has 1 saturated heterocycles. The molecular weight excluding hydrogens is 346 g/mol. The van der Waals surface area contributed by atoms with Gasteiger partial charge in [-0.2, -0.15) is 4.98 Å². The Kier molecular flexibility index (Phi) is 3.36. The minimum atomic E-state index is -0.372. The Labute approximate surface area is 155 Å². The Morgan fingerprint density at radius 1 is 1.30 bits per heavy atom. The fraction of sp³-hybridized carbons (Fsp3) is 0.421. The van der Waals surface area contributed by atoms with Crippen LogP contribution in [0.5, 0.6) is 5.75 Å². The number of imidazole rings is 1. The maximum absolute atomic E-state index is 12.7. The van der Waals surface area contributed by atoms with Crippen molar-refractivity contribution >= 4 is 22.8 Å². The van der Waals surface area contributed by atoms with Crippen molar-refractivity contribution in [3.05, 3.63) is 39.9 Å². The van der Waals surface area contributed by atoms with Crippen LogP contribution in [0.25, 0.3) is 11.2 Å². The molecule has 1 fully saturated rings. The summed E-state index contributed by atoms with van der Waals surface area (Å²) in [5.41, 5.74) is 4.03. The Bertz CT molecular complexity index is 1130. The molecule has 4 heterocycles. The van der Waals surface area contributed by atoms with E-state index in [4.69, 9.17) is 9.47 Å². The molecule has 0 bridgehead atoms. The van der Waals surface area contributed by atoms with Gasteiger partial charge in [-0.05, 0) is 37.1 Å². The predicted molar refractivity (Wildman–Crippen MR) is 101 cm³/mol. The number of nitrogens with one attached hydrogen (secondary N) is 1. The molecule has 1 aromatic carbocycles. The van der Waals surface area contributed by atoms with Gasteiger partial charge in [-0.25, -0.2) is 9.78 Å². The van der Waals surface area contributed by atoms with Crippen molar-refractivity contribution in [3.63, 3.8) is 0 Å². The molecule has 1 N–H and O–H groups in total. The number of ether oxygens (including phenoxy) is 2. The summed E-state index contributed by atoms with van der Waals surface area (Å²) >= 11 is 0. The molecule has 0 atom stereocenters. The molecule has 0 spiro atoms. The highest BCUT2D eigenvalue weighted by Crippen LogP contribution is 2.32. The summed E-state index contributed by atoms with van der Waals surface area (Å²) in [6.07, 6.45) is 2.60. The first-order valence-electron chi connectivity index (χ1n) is 9.02. The van der Waals surface area contributed by atoms with Gasteiger partial charge in [0.05, 0.1) is 31.6 Å². The Balaban J connectivity index is 1.59. The van der Waals surface area contributed by atoms with E-state index in [1.807, 2.05) is 19.9 Å². The van der Waals surface area contributed by atoms with Gasteiger partial charge in [-0.15, -0.1) is 0 Å². The van der Waals surface area contributed by atoms with Gasteiger partial charge < -0.3 is 14.8 Å². The van der Waals surface area contributed by atoms with Gasteiger partial charge in [0.2, 0.25) is 5.95 Å². The van der Waals surface area contributed by atoms with E-state index in [1.54, 1.807) is 22.4 Å². The predicted octanol–water partition coefficient (Wildman–Crippen LogP) is 1.86. The average Bonchev–Trinajstić information content (AvgIpc) is 3.16. The van der Waals surface area contributed by atoms with Crippen LogP contribution in [0.1, 0.15) is 18.1 Å². The summed E-state index contributed by atoms with van der Waals surface area (Å²) in [6, 6.07) is 4.12. The number of benzene rings is 1. The number of aromatic nitrogens is 4. The van der Waals surface area contributed by atoms with Crippen molar-refractivity contribution < 1.29 is 9.47 Å². The van der Waals surface area contributed by atoms with Crippen LogP contribution in [-0.2, 0) is 23.7 Å².